The molecule has 33 heavy (non-hydrogen) atoms. The molecule has 4 rings (SSSR count). The number of halogens is 1. The molecule has 0 aliphatic rings. The summed E-state index contributed by atoms with van der Waals surface area (Å²) in [4.78, 5) is 8.23. The molecule has 9 nitrogen and oxygen atoms in total. The van der Waals surface area contributed by atoms with Crippen molar-refractivity contribution in [3.63, 3.8) is 0 Å². The van der Waals surface area contributed by atoms with Crippen LogP contribution in [0, 0.1) is 5.82 Å². The molecule has 172 valence electrons. The molecular formula is C19H16FN5O4S4. The first-order chi connectivity index (χ1) is 15.7. The van der Waals surface area contributed by atoms with Crippen LogP contribution in [-0.2, 0) is 25.8 Å². The fraction of sp³-hybridized carbons (Fsp3) is 0.0526. The van der Waals surface area contributed by atoms with E-state index < -0.39 is 25.9 Å². The molecular weight excluding hydrogens is 510 g/mol. The van der Waals surface area contributed by atoms with Gasteiger partial charge in [0.05, 0.1) is 10.6 Å². The van der Waals surface area contributed by atoms with Crippen LogP contribution in [0.25, 0.3) is 0 Å². The Kier molecular flexibility index (Phi) is 6.60. The fourth-order valence-corrected chi connectivity index (χ4v) is 6.38. The standard InChI is InChI=1S/C19H16FN5O4S4/c20-13-1-3-15(4-2-13)24-32(26,27)12-16-11-31-19(23-16)22-14-5-7-17(8-6-14)33(28,29)25-18-21-9-10-30-18/h1-11,24H,12H2,(H,21,25)(H,22,23). The summed E-state index contributed by atoms with van der Waals surface area (Å²) in [5.41, 5.74) is 1.16. The average Bonchev–Trinajstić information content (AvgIpc) is 3.41. The number of rotatable bonds is 9. The summed E-state index contributed by atoms with van der Waals surface area (Å²) in [5, 5.41) is 7.00. The Morgan fingerprint density at radius 3 is 2.21 bits per heavy atom. The smallest absolute Gasteiger partial charge is 0.263 e. The maximum atomic E-state index is 13.0. The van der Waals surface area contributed by atoms with Gasteiger partial charge in [-0.3, -0.25) is 9.44 Å². The number of hydrogen-bond acceptors (Lipinski definition) is 9. The minimum absolute atomic E-state index is 0.0704. The van der Waals surface area contributed by atoms with Gasteiger partial charge in [-0.05, 0) is 48.5 Å². The lowest BCUT2D eigenvalue weighted by atomic mass is 10.3. The van der Waals surface area contributed by atoms with E-state index in [1.807, 2.05) is 0 Å². The lowest BCUT2D eigenvalue weighted by molar-refractivity contribution is 0.598. The van der Waals surface area contributed by atoms with Gasteiger partial charge in [-0.25, -0.2) is 31.2 Å². The molecule has 2 aromatic heterocycles. The van der Waals surface area contributed by atoms with Crippen LogP contribution < -0.4 is 14.8 Å². The van der Waals surface area contributed by atoms with Crippen LogP contribution in [-0.4, -0.2) is 26.8 Å². The summed E-state index contributed by atoms with van der Waals surface area (Å²) < 4.78 is 67.2. The molecule has 0 aliphatic carbocycles. The van der Waals surface area contributed by atoms with E-state index in [9.17, 15) is 21.2 Å². The second kappa shape index (κ2) is 9.43. The molecule has 14 heteroatoms. The highest BCUT2D eigenvalue weighted by molar-refractivity contribution is 7.93. The van der Waals surface area contributed by atoms with Crippen LogP contribution in [0.4, 0.5) is 26.0 Å². The Balaban J connectivity index is 1.38. The van der Waals surface area contributed by atoms with E-state index in [0.29, 0.717) is 16.5 Å². The molecule has 0 spiro atoms. The number of nitrogens with one attached hydrogen (secondary N) is 3. The molecule has 2 heterocycles. The number of sulfonamides is 2. The Morgan fingerprint density at radius 1 is 0.848 bits per heavy atom. The van der Waals surface area contributed by atoms with Crippen molar-refractivity contribution >= 4 is 64.4 Å². The third-order valence-corrected chi connectivity index (χ3v) is 8.28. The molecule has 3 N–H and O–H groups in total. The Morgan fingerprint density at radius 2 is 1.55 bits per heavy atom. The van der Waals surface area contributed by atoms with E-state index in [1.54, 1.807) is 22.9 Å². The number of aromatic nitrogens is 2. The van der Waals surface area contributed by atoms with E-state index in [1.165, 1.54) is 53.1 Å². The lowest BCUT2D eigenvalue weighted by Gasteiger charge is -2.07. The van der Waals surface area contributed by atoms with Crippen LogP contribution in [0.5, 0.6) is 0 Å². The van der Waals surface area contributed by atoms with Crippen LogP contribution >= 0.6 is 22.7 Å². The zero-order chi connectivity index (χ0) is 23.5. The summed E-state index contributed by atoms with van der Waals surface area (Å²) >= 11 is 2.38. The van der Waals surface area contributed by atoms with E-state index in [4.69, 9.17) is 0 Å². The highest BCUT2D eigenvalue weighted by Crippen LogP contribution is 2.24. The quantitative estimate of drug-likeness (QED) is 0.298. The molecule has 0 saturated heterocycles. The summed E-state index contributed by atoms with van der Waals surface area (Å²) in [6, 6.07) is 11.0. The highest BCUT2D eigenvalue weighted by atomic mass is 32.2. The van der Waals surface area contributed by atoms with Gasteiger partial charge in [-0.15, -0.1) is 22.7 Å². The van der Waals surface area contributed by atoms with Crippen molar-refractivity contribution in [1.82, 2.24) is 9.97 Å². The van der Waals surface area contributed by atoms with E-state index >= 15 is 0 Å². The van der Waals surface area contributed by atoms with Gasteiger partial charge in [0.15, 0.2) is 10.3 Å². The normalized spacial score (nSPS) is 11.8. The molecule has 0 unspecified atom stereocenters. The first-order valence-corrected chi connectivity index (χ1v) is 14.1. The van der Waals surface area contributed by atoms with Gasteiger partial charge in [-0.2, -0.15) is 0 Å². The SMILES string of the molecule is O=S(=O)(Cc1csc(Nc2ccc(S(=O)(=O)Nc3nccs3)cc2)n1)Nc1ccc(F)cc1. The van der Waals surface area contributed by atoms with E-state index in [0.717, 1.165) is 12.1 Å². The first-order valence-electron chi connectivity index (χ1n) is 9.18. The predicted molar refractivity (Wildman–Crippen MR) is 127 cm³/mol. The molecule has 0 fully saturated rings. The zero-order valence-corrected chi connectivity index (χ0v) is 19.9. The van der Waals surface area contributed by atoms with E-state index in [-0.39, 0.29) is 21.5 Å². The second-order valence-electron chi connectivity index (χ2n) is 6.60. The third kappa shape index (κ3) is 6.25. The second-order valence-corrected chi connectivity index (χ2v) is 11.8. The summed E-state index contributed by atoms with van der Waals surface area (Å²) in [6.07, 6.45) is 1.50. The lowest BCUT2D eigenvalue weighted by Crippen LogP contribution is -2.15. The van der Waals surface area contributed by atoms with Crippen LogP contribution in [0.3, 0.4) is 0 Å². The van der Waals surface area contributed by atoms with E-state index in [2.05, 4.69) is 24.7 Å². The minimum Gasteiger partial charge on any atom is -0.332 e. The topological polar surface area (TPSA) is 130 Å². The van der Waals surface area contributed by atoms with Gasteiger partial charge in [0.2, 0.25) is 10.0 Å². The van der Waals surface area contributed by atoms with Crippen LogP contribution in [0.15, 0.2) is 70.4 Å². The van der Waals surface area contributed by atoms with Crippen molar-refractivity contribution in [2.75, 3.05) is 14.8 Å². The number of benzene rings is 2. The van der Waals surface area contributed by atoms with Crippen molar-refractivity contribution in [2.45, 2.75) is 10.6 Å². The summed E-state index contributed by atoms with van der Waals surface area (Å²) in [7, 11) is -7.49. The maximum absolute atomic E-state index is 13.0. The largest absolute Gasteiger partial charge is 0.332 e. The Labute approximate surface area is 197 Å². The van der Waals surface area contributed by atoms with Crippen LogP contribution in [0.2, 0.25) is 0 Å². The summed E-state index contributed by atoms with van der Waals surface area (Å²) in [6.45, 7) is 0. The molecule has 0 saturated carbocycles. The van der Waals surface area contributed by atoms with Gasteiger partial charge < -0.3 is 5.32 Å². The Bertz CT molecular complexity index is 1440. The predicted octanol–water partition coefficient (Wildman–Crippen LogP) is 4.23. The third-order valence-electron chi connectivity index (χ3n) is 4.08. The molecule has 0 atom stereocenters. The monoisotopic (exact) mass is 525 g/mol. The van der Waals surface area contributed by atoms with Crippen molar-refractivity contribution in [3.8, 4) is 0 Å². The minimum atomic E-state index is -3.75. The number of nitrogens with zero attached hydrogens (tertiary/aromatic N) is 2. The summed E-state index contributed by atoms with van der Waals surface area (Å²) in [5.74, 6) is -0.822. The van der Waals surface area contributed by atoms with Gasteiger partial charge in [0.1, 0.15) is 11.6 Å². The zero-order valence-electron chi connectivity index (χ0n) is 16.6. The van der Waals surface area contributed by atoms with Crippen molar-refractivity contribution < 1.29 is 21.2 Å². The van der Waals surface area contributed by atoms with Gasteiger partial charge >= 0.3 is 0 Å². The molecule has 0 amide bonds. The van der Waals surface area contributed by atoms with Crippen molar-refractivity contribution in [3.05, 3.63) is 77.0 Å². The van der Waals surface area contributed by atoms with Gasteiger partial charge in [0, 0.05) is 28.3 Å². The number of thiazole rings is 2. The molecule has 0 radical (unpaired) electrons. The number of anilines is 4. The fourth-order valence-electron chi connectivity index (χ4n) is 2.65. The highest BCUT2D eigenvalue weighted by Gasteiger charge is 2.17. The molecule has 2 aromatic carbocycles. The molecule has 0 aliphatic heterocycles. The molecule has 0 bridgehead atoms. The maximum Gasteiger partial charge on any atom is 0.263 e. The Hall–Kier alpha value is -3.07. The van der Waals surface area contributed by atoms with Crippen LogP contribution in [0.1, 0.15) is 5.69 Å². The van der Waals surface area contributed by atoms with Gasteiger partial charge in [0.25, 0.3) is 10.0 Å². The number of hydrogen-bond donors (Lipinski definition) is 3. The van der Waals surface area contributed by atoms with Gasteiger partial charge in [-0.1, -0.05) is 0 Å². The molecule has 4 aromatic rings. The van der Waals surface area contributed by atoms with Crippen molar-refractivity contribution in [2.24, 2.45) is 0 Å². The first kappa shape index (κ1) is 23.1. The average molecular weight is 526 g/mol. The van der Waals surface area contributed by atoms with Crippen molar-refractivity contribution in [1.29, 1.82) is 0 Å².